The molecule has 0 saturated carbocycles. The van der Waals surface area contributed by atoms with Gasteiger partial charge in [-0.1, -0.05) is 6.07 Å². The van der Waals surface area contributed by atoms with Crippen LogP contribution < -0.4 is 5.32 Å². The zero-order valence-corrected chi connectivity index (χ0v) is 13.4. The third-order valence-electron chi connectivity index (χ3n) is 3.76. The highest BCUT2D eigenvalue weighted by Crippen LogP contribution is 2.25. The molecule has 3 heterocycles. The number of rotatable bonds is 4. The first-order valence-corrected chi connectivity index (χ1v) is 7.66. The summed E-state index contributed by atoms with van der Waals surface area (Å²) in [4.78, 5) is 17.5. The standard InChI is InChI=1S/C16H21N5O2/c1-20(2)16(22)18-9-14-15-12(6-8-23-14)10-21(19-15)11-13-5-3-4-7-17-13/h3-5,7,10,14H,6,8-9,11H2,1-2H3,(H,18,22)/t14-/m1/s1. The monoisotopic (exact) mass is 315 g/mol. The predicted octanol–water partition coefficient (Wildman–Crippen LogP) is 1.21. The van der Waals surface area contributed by atoms with Crippen molar-refractivity contribution < 1.29 is 9.53 Å². The first-order chi connectivity index (χ1) is 11.1. The molecule has 2 aromatic heterocycles. The molecule has 1 N–H and O–H groups in total. The van der Waals surface area contributed by atoms with Gasteiger partial charge in [0, 0.05) is 26.5 Å². The molecule has 0 spiro atoms. The summed E-state index contributed by atoms with van der Waals surface area (Å²) in [6.07, 6.45) is 4.47. The van der Waals surface area contributed by atoms with Gasteiger partial charge in [-0.25, -0.2) is 4.79 Å². The predicted molar refractivity (Wildman–Crippen MR) is 85.0 cm³/mol. The number of amides is 2. The Labute approximate surface area is 135 Å². The number of fused-ring (bicyclic) bond motifs is 1. The van der Waals surface area contributed by atoms with E-state index in [0.29, 0.717) is 19.7 Å². The molecule has 0 unspecified atom stereocenters. The van der Waals surface area contributed by atoms with Gasteiger partial charge in [0.1, 0.15) is 6.10 Å². The Balaban J connectivity index is 1.70. The van der Waals surface area contributed by atoms with Crippen LogP contribution in [0.3, 0.4) is 0 Å². The maximum absolute atomic E-state index is 11.7. The third-order valence-corrected chi connectivity index (χ3v) is 3.76. The quantitative estimate of drug-likeness (QED) is 0.920. The van der Waals surface area contributed by atoms with Gasteiger partial charge in [-0.3, -0.25) is 9.67 Å². The second-order valence-corrected chi connectivity index (χ2v) is 5.75. The number of hydrogen-bond donors (Lipinski definition) is 1. The van der Waals surface area contributed by atoms with Crippen LogP contribution in [0.25, 0.3) is 0 Å². The summed E-state index contributed by atoms with van der Waals surface area (Å²) < 4.78 is 7.66. The van der Waals surface area contributed by atoms with Crippen LogP contribution in [0, 0.1) is 0 Å². The van der Waals surface area contributed by atoms with E-state index in [-0.39, 0.29) is 12.1 Å². The van der Waals surface area contributed by atoms with E-state index in [9.17, 15) is 4.79 Å². The van der Waals surface area contributed by atoms with Crippen molar-refractivity contribution in [1.29, 1.82) is 0 Å². The Morgan fingerprint density at radius 3 is 3.09 bits per heavy atom. The third kappa shape index (κ3) is 3.68. The van der Waals surface area contributed by atoms with Crippen LogP contribution in [-0.4, -0.2) is 52.9 Å². The summed E-state index contributed by atoms with van der Waals surface area (Å²) in [6.45, 7) is 1.69. The van der Waals surface area contributed by atoms with E-state index in [1.54, 1.807) is 20.3 Å². The molecule has 23 heavy (non-hydrogen) atoms. The SMILES string of the molecule is CN(C)C(=O)NC[C@H]1OCCc2cn(Cc3ccccn3)nc21. The lowest BCUT2D eigenvalue weighted by atomic mass is 10.1. The lowest BCUT2D eigenvalue weighted by Crippen LogP contribution is -2.38. The maximum atomic E-state index is 11.7. The summed E-state index contributed by atoms with van der Waals surface area (Å²) in [6, 6.07) is 5.71. The molecule has 0 bridgehead atoms. The van der Waals surface area contributed by atoms with Gasteiger partial charge >= 0.3 is 6.03 Å². The first-order valence-electron chi connectivity index (χ1n) is 7.66. The average Bonchev–Trinajstić information content (AvgIpc) is 2.96. The summed E-state index contributed by atoms with van der Waals surface area (Å²) in [5, 5.41) is 7.49. The van der Waals surface area contributed by atoms with Crippen LogP contribution in [0.4, 0.5) is 4.79 Å². The van der Waals surface area contributed by atoms with Crippen molar-refractivity contribution in [2.75, 3.05) is 27.2 Å². The van der Waals surface area contributed by atoms with Crippen LogP contribution >= 0.6 is 0 Å². The lowest BCUT2D eigenvalue weighted by molar-refractivity contribution is 0.0405. The minimum Gasteiger partial charge on any atom is -0.370 e. The molecule has 3 rings (SSSR count). The Bertz CT molecular complexity index is 668. The van der Waals surface area contributed by atoms with Crippen LogP contribution in [0.1, 0.15) is 23.1 Å². The summed E-state index contributed by atoms with van der Waals surface area (Å²) >= 11 is 0. The van der Waals surface area contributed by atoms with Gasteiger partial charge < -0.3 is 15.0 Å². The molecule has 7 heteroatoms. The molecule has 2 amide bonds. The molecule has 0 saturated heterocycles. The zero-order valence-electron chi connectivity index (χ0n) is 13.4. The number of carbonyl (C=O) groups excluding carboxylic acids is 1. The van der Waals surface area contributed by atoms with Crippen molar-refractivity contribution in [2.24, 2.45) is 0 Å². The number of nitrogens with one attached hydrogen (secondary N) is 1. The largest absolute Gasteiger partial charge is 0.370 e. The smallest absolute Gasteiger partial charge is 0.316 e. The fourth-order valence-electron chi connectivity index (χ4n) is 2.56. The molecule has 0 fully saturated rings. The van der Waals surface area contributed by atoms with Gasteiger partial charge in [0.2, 0.25) is 0 Å². The molecule has 0 aliphatic carbocycles. The fraction of sp³-hybridized carbons (Fsp3) is 0.438. The summed E-state index contributed by atoms with van der Waals surface area (Å²) in [5.41, 5.74) is 3.05. The first kappa shape index (κ1) is 15.5. The second kappa shape index (κ2) is 6.78. The highest BCUT2D eigenvalue weighted by atomic mass is 16.5. The number of carbonyl (C=O) groups is 1. The van der Waals surface area contributed by atoms with Crippen LogP contribution in [0.5, 0.6) is 0 Å². The molecule has 1 aliphatic rings. The number of ether oxygens (including phenoxy) is 1. The minimum absolute atomic E-state index is 0.131. The molecule has 2 aromatic rings. The molecule has 7 nitrogen and oxygen atoms in total. The highest BCUT2D eigenvalue weighted by Gasteiger charge is 2.25. The van der Waals surface area contributed by atoms with Crippen LogP contribution in [-0.2, 0) is 17.7 Å². The molecule has 1 atom stereocenters. The average molecular weight is 315 g/mol. The van der Waals surface area contributed by atoms with Crippen molar-refractivity contribution in [1.82, 2.24) is 25.0 Å². The lowest BCUT2D eigenvalue weighted by Gasteiger charge is -2.23. The topological polar surface area (TPSA) is 72.3 Å². The number of aromatic nitrogens is 3. The van der Waals surface area contributed by atoms with Crippen molar-refractivity contribution in [3.63, 3.8) is 0 Å². The maximum Gasteiger partial charge on any atom is 0.316 e. The Hall–Kier alpha value is -2.41. The number of hydrogen-bond acceptors (Lipinski definition) is 4. The molecule has 0 aromatic carbocycles. The Kier molecular flexibility index (Phi) is 4.57. The normalized spacial score (nSPS) is 16.7. The number of pyridine rings is 1. The molecule has 1 aliphatic heterocycles. The van der Waals surface area contributed by atoms with Crippen molar-refractivity contribution >= 4 is 6.03 Å². The van der Waals surface area contributed by atoms with Crippen molar-refractivity contribution in [3.8, 4) is 0 Å². The molecular formula is C16H21N5O2. The molecule has 122 valence electrons. The van der Waals surface area contributed by atoms with Crippen molar-refractivity contribution in [3.05, 3.63) is 47.5 Å². The highest BCUT2D eigenvalue weighted by molar-refractivity contribution is 5.73. The Morgan fingerprint density at radius 2 is 2.35 bits per heavy atom. The van der Waals surface area contributed by atoms with Gasteiger partial charge in [0.25, 0.3) is 0 Å². The van der Waals surface area contributed by atoms with E-state index in [1.807, 2.05) is 29.1 Å². The second-order valence-electron chi connectivity index (χ2n) is 5.75. The summed E-state index contributed by atoms with van der Waals surface area (Å²) in [7, 11) is 3.42. The number of nitrogens with zero attached hydrogens (tertiary/aromatic N) is 4. The van der Waals surface area contributed by atoms with Crippen LogP contribution in [0.15, 0.2) is 30.6 Å². The fourth-order valence-corrected chi connectivity index (χ4v) is 2.56. The van der Waals surface area contributed by atoms with Gasteiger partial charge in [0.15, 0.2) is 0 Å². The van der Waals surface area contributed by atoms with E-state index in [4.69, 9.17) is 4.74 Å². The molecular weight excluding hydrogens is 294 g/mol. The van der Waals surface area contributed by atoms with Gasteiger partial charge in [-0.2, -0.15) is 5.10 Å². The molecule has 0 radical (unpaired) electrons. The van der Waals surface area contributed by atoms with E-state index in [2.05, 4.69) is 15.4 Å². The van der Waals surface area contributed by atoms with Gasteiger partial charge in [0.05, 0.1) is 31.1 Å². The zero-order chi connectivity index (χ0) is 16.2. The minimum atomic E-state index is -0.201. The van der Waals surface area contributed by atoms with Gasteiger partial charge in [-0.15, -0.1) is 0 Å². The Morgan fingerprint density at radius 1 is 1.48 bits per heavy atom. The van der Waals surface area contributed by atoms with Crippen molar-refractivity contribution in [2.45, 2.75) is 19.1 Å². The van der Waals surface area contributed by atoms with E-state index < -0.39 is 0 Å². The summed E-state index contributed by atoms with van der Waals surface area (Å²) in [5.74, 6) is 0. The van der Waals surface area contributed by atoms with E-state index >= 15 is 0 Å². The van der Waals surface area contributed by atoms with Gasteiger partial charge in [-0.05, 0) is 24.1 Å². The van der Waals surface area contributed by atoms with Crippen LogP contribution in [0.2, 0.25) is 0 Å². The van der Waals surface area contributed by atoms with E-state index in [0.717, 1.165) is 17.8 Å². The number of urea groups is 1. The van der Waals surface area contributed by atoms with E-state index in [1.165, 1.54) is 10.5 Å².